The Morgan fingerprint density at radius 1 is 1.24 bits per heavy atom. The Kier molecular flexibility index (Phi) is 3.82. The smallest absolute Gasteiger partial charge is 0.136 e. The molecule has 1 nitrogen and oxygen atoms in total. The zero-order valence-corrected chi connectivity index (χ0v) is 10.6. The van der Waals surface area contributed by atoms with Gasteiger partial charge in [0.2, 0.25) is 0 Å². The van der Waals surface area contributed by atoms with Crippen LogP contribution >= 0.6 is 0 Å². The Morgan fingerprint density at radius 2 is 1.82 bits per heavy atom. The molecule has 0 aliphatic heterocycles. The molecular formula is C15H22FN. The zero-order chi connectivity index (χ0) is 12.3. The monoisotopic (exact) mass is 235 g/mol. The second-order valence-corrected chi connectivity index (χ2v) is 5.29. The lowest BCUT2D eigenvalue weighted by Gasteiger charge is -2.28. The van der Waals surface area contributed by atoms with Crippen molar-refractivity contribution in [3.63, 3.8) is 0 Å². The van der Waals surface area contributed by atoms with Crippen LogP contribution in [0.5, 0.6) is 0 Å². The van der Waals surface area contributed by atoms with Crippen molar-refractivity contribution >= 4 is 0 Å². The number of hydrogen-bond acceptors (Lipinski definition) is 1. The van der Waals surface area contributed by atoms with Crippen LogP contribution in [0.1, 0.15) is 43.7 Å². The second kappa shape index (κ2) is 5.18. The van der Waals surface area contributed by atoms with Crippen LogP contribution in [0.2, 0.25) is 0 Å². The zero-order valence-electron chi connectivity index (χ0n) is 10.6. The minimum atomic E-state index is -1.17. The first-order chi connectivity index (χ1) is 8.14. The highest BCUT2D eigenvalue weighted by Gasteiger charge is 2.37. The summed E-state index contributed by atoms with van der Waals surface area (Å²) in [5.41, 5.74) is 6.36. The standard InChI is InChI=1S/C15H22FN/c1-15(16,13-4-2-3-5-13)14-8-6-12(7-9-14)10-11-17/h6-9,13H,2-5,10-11,17H2,1H3. The van der Waals surface area contributed by atoms with Crippen molar-refractivity contribution in [3.05, 3.63) is 35.4 Å². The predicted octanol–water partition coefficient (Wildman–Crippen LogP) is 3.56. The first kappa shape index (κ1) is 12.6. The third-order valence-electron chi connectivity index (χ3n) is 4.07. The summed E-state index contributed by atoms with van der Waals surface area (Å²) in [5.74, 6) is 0.197. The lowest BCUT2D eigenvalue weighted by atomic mass is 9.83. The highest BCUT2D eigenvalue weighted by Crippen LogP contribution is 2.43. The molecule has 1 atom stereocenters. The molecule has 2 heteroatoms. The Morgan fingerprint density at radius 3 is 2.35 bits per heavy atom. The van der Waals surface area contributed by atoms with Gasteiger partial charge in [0.1, 0.15) is 5.67 Å². The molecule has 0 amide bonds. The van der Waals surface area contributed by atoms with E-state index in [1.807, 2.05) is 24.3 Å². The van der Waals surface area contributed by atoms with Gasteiger partial charge < -0.3 is 5.73 Å². The SMILES string of the molecule is CC(F)(c1ccc(CCN)cc1)C1CCCC1. The van der Waals surface area contributed by atoms with Gasteiger partial charge in [-0.2, -0.15) is 0 Å². The van der Waals surface area contributed by atoms with Crippen LogP contribution < -0.4 is 5.73 Å². The van der Waals surface area contributed by atoms with E-state index in [2.05, 4.69) is 0 Å². The molecule has 17 heavy (non-hydrogen) atoms. The fraction of sp³-hybridized carbons (Fsp3) is 0.600. The van der Waals surface area contributed by atoms with Crippen LogP contribution in [0.15, 0.2) is 24.3 Å². The van der Waals surface area contributed by atoms with Crippen molar-refractivity contribution in [1.29, 1.82) is 0 Å². The van der Waals surface area contributed by atoms with Crippen LogP contribution in [0, 0.1) is 5.92 Å². The average molecular weight is 235 g/mol. The van der Waals surface area contributed by atoms with Crippen molar-refractivity contribution in [2.24, 2.45) is 11.7 Å². The molecule has 0 bridgehead atoms. The van der Waals surface area contributed by atoms with E-state index < -0.39 is 5.67 Å². The normalized spacial score (nSPS) is 20.4. The molecule has 1 unspecified atom stereocenters. The Bertz CT molecular complexity index is 350. The van der Waals surface area contributed by atoms with Gasteiger partial charge in [-0.15, -0.1) is 0 Å². The van der Waals surface area contributed by atoms with E-state index in [1.165, 1.54) is 18.4 Å². The van der Waals surface area contributed by atoms with E-state index >= 15 is 0 Å². The molecule has 2 rings (SSSR count). The van der Waals surface area contributed by atoms with Crippen LogP contribution in [-0.2, 0) is 12.1 Å². The van der Waals surface area contributed by atoms with E-state index in [0.29, 0.717) is 6.54 Å². The van der Waals surface area contributed by atoms with Crippen molar-refractivity contribution in [2.75, 3.05) is 6.54 Å². The highest BCUT2D eigenvalue weighted by molar-refractivity contribution is 5.28. The molecular weight excluding hydrogens is 213 g/mol. The van der Waals surface area contributed by atoms with E-state index in [1.54, 1.807) is 6.92 Å². The first-order valence-corrected chi connectivity index (χ1v) is 6.63. The lowest BCUT2D eigenvalue weighted by molar-refractivity contribution is 0.104. The van der Waals surface area contributed by atoms with Gasteiger partial charge in [0, 0.05) is 0 Å². The molecule has 1 fully saturated rings. The number of alkyl halides is 1. The molecule has 0 spiro atoms. The molecule has 0 aromatic heterocycles. The summed E-state index contributed by atoms with van der Waals surface area (Å²) in [6.07, 6.45) is 5.27. The van der Waals surface area contributed by atoms with Gasteiger partial charge in [-0.1, -0.05) is 37.1 Å². The quantitative estimate of drug-likeness (QED) is 0.848. The fourth-order valence-corrected chi connectivity index (χ4v) is 2.87. The molecule has 1 aliphatic carbocycles. The predicted molar refractivity (Wildman–Crippen MR) is 69.6 cm³/mol. The maximum Gasteiger partial charge on any atom is 0.136 e. The fourth-order valence-electron chi connectivity index (χ4n) is 2.87. The summed E-state index contributed by atoms with van der Waals surface area (Å²) in [7, 11) is 0. The minimum absolute atomic E-state index is 0.197. The molecule has 0 radical (unpaired) electrons. The summed E-state index contributed by atoms with van der Waals surface area (Å²) in [6.45, 7) is 2.38. The minimum Gasteiger partial charge on any atom is -0.330 e. The molecule has 1 aromatic rings. The Balaban J connectivity index is 2.14. The molecule has 1 aromatic carbocycles. The third kappa shape index (κ3) is 2.68. The van der Waals surface area contributed by atoms with E-state index in [9.17, 15) is 4.39 Å². The molecule has 0 saturated heterocycles. The van der Waals surface area contributed by atoms with Gasteiger partial charge in [0.25, 0.3) is 0 Å². The molecule has 0 heterocycles. The summed E-state index contributed by atoms with van der Waals surface area (Å²) in [6, 6.07) is 7.89. The summed E-state index contributed by atoms with van der Waals surface area (Å²) < 4.78 is 14.8. The van der Waals surface area contributed by atoms with E-state index in [4.69, 9.17) is 5.73 Å². The van der Waals surface area contributed by atoms with Crippen LogP contribution in [0.3, 0.4) is 0 Å². The van der Waals surface area contributed by atoms with Crippen molar-refractivity contribution in [1.82, 2.24) is 0 Å². The van der Waals surface area contributed by atoms with Gasteiger partial charge in [-0.3, -0.25) is 0 Å². The highest BCUT2D eigenvalue weighted by atomic mass is 19.1. The van der Waals surface area contributed by atoms with Gasteiger partial charge in [-0.25, -0.2) is 4.39 Å². The van der Waals surface area contributed by atoms with Gasteiger partial charge in [0.15, 0.2) is 0 Å². The lowest BCUT2D eigenvalue weighted by Crippen LogP contribution is -2.25. The molecule has 2 N–H and O–H groups in total. The summed E-state index contributed by atoms with van der Waals surface area (Å²) >= 11 is 0. The number of rotatable bonds is 4. The number of halogens is 1. The Hall–Kier alpha value is -0.890. The van der Waals surface area contributed by atoms with Crippen molar-refractivity contribution in [2.45, 2.75) is 44.7 Å². The van der Waals surface area contributed by atoms with Gasteiger partial charge >= 0.3 is 0 Å². The van der Waals surface area contributed by atoms with Crippen molar-refractivity contribution in [3.8, 4) is 0 Å². The van der Waals surface area contributed by atoms with Crippen LogP contribution in [0.25, 0.3) is 0 Å². The molecule has 1 saturated carbocycles. The average Bonchev–Trinajstić information content (AvgIpc) is 2.84. The number of nitrogens with two attached hydrogens (primary N) is 1. The first-order valence-electron chi connectivity index (χ1n) is 6.63. The summed E-state index contributed by atoms with van der Waals surface area (Å²) in [5, 5.41) is 0. The topological polar surface area (TPSA) is 26.0 Å². The van der Waals surface area contributed by atoms with E-state index in [-0.39, 0.29) is 5.92 Å². The Labute approximate surface area is 103 Å². The van der Waals surface area contributed by atoms with Gasteiger partial charge in [0.05, 0.1) is 0 Å². The maximum absolute atomic E-state index is 14.8. The number of benzene rings is 1. The number of hydrogen-bond donors (Lipinski definition) is 1. The van der Waals surface area contributed by atoms with Gasteiger partial charge in [-0.05, 0) is 49.8 Å². The van der Waals surface area contributed by atoms with Crippen molar-refractivity contribution < 1.29 is 4.39 Å². The van der Waals surface area contributed by atoms with E-state index in [0.717, 1.165) is 24.8 Å². The second-order valence-electron chi connectivity index (χ2n) is 5.29. The molecule has 1 aliphatic rings. The van der Waals surface area contributed by atoms with Crippen LogP contribution in [-0.4, -0.2) is 6.54 Å². The largest absolute Gasteiger partial charge is 0.330 e. The molecule has 94 valence electrons. The third-order valence-corrected chi connectivity index (χ3v) is 4.07. The maximum atomic E-state index is 14.8. The summed E-state index contributed by atoms with van der Waals surface area (Å²) in [4.78, 5) is 0. The van der Waals surface area contributed by atoms with Crippen LogP contribution in [0.4, 0.5) is 4.39 Å².